The van der Waals surface area contributed by atoms with Gasteiger partial charge in [-0.05, 0) is 56.2 Å². The van der Waals surface area contributed by atoms with Gasteiger partial charge in [-0.1, -0.05) is 12.6 Å². The molecule has 1 aromatic rings. The summed E-state index contributed by atoms with van der Waals surface area (Å²) in [5, 5.41) is 0. The van der Waals surface area contributed by atoms with Gasteiger partial charge in [0.05, 0.1) is 17.4 Å². The molecule has 108 valence electrons. The third-order valence-electron chi connectivity index (χ3n) is 3.83. The Morgan fingerprint density at radius 3 is 2.55 bits per heavy atom. The predicted molar refractivity (Wildman–Crippen MR) is 76.4 cm³/mol. The Kier molecular flexibility index (Phi) is 4.42. The van der Waals surface area contributed by atoms with E-state index < -0.39 is 0 Å². The smallest absolute Gasteiger partial charge is 0.313 e. The number of hydrogen-bond donors (Lipinski definition) is 1. The topological polar surface area (TPSA) is 52.3 Å². The van der Waals surface area contributed by atoms with Crippen LogP contribution in [0.4, 0.5) is 10.1 Å². The number of carbonyl (C=O) groups is 1. The molecule has 0 radical (unpaired) electrons. The maximum Gasteiger partial charge on any atom is 0.313 e. The number of rotatable bonds is 3. The molecule has 4 heteroatoms. The Hall–Kier alpha value is -1.84. The molecule has 1 aliphatic carbocycles. The molecule has 3 nitrogen and oxygen atoms in total. The number of hydrogen-bond acceptors (Lipinski definition) is 3. The number of allylic oxidation sites excluding steroid dienone is 1. The van der Waals surface area contributed by atoms with Crippen molar-refractivity contribution >= 4 is 11.7 Å². The zero-order valence-corrected chi connectivity index (χ0v) is 11.7. The van der Waals surface area contributed by atoms with Crippen LogP contribution in [0.3, 0.4) is 0 Å². The Morgan fingerprint density at radius 1 is 1.35 bits per heavy atom. The quantitative estimate of drug-likeness (QED) is 0.520. The standard InChI is InChI=1S/C16H20FNO2/c1-10(2)20-16(19)12-5-3-11(4-6-12)13-7-8-15(18)14(17)9-13/h7-9,11-12H,1,3-6,18H2,2H3. The number of carbonyl (C=O) groups excluding carboxylic acids is 1. The first-order valence-corrected chi connectivity index (χ1v) is 6.89. The summed E-state index contributed by atoms with van der Waals surface area (Å²) in [6.45, 7) is 5.24. The van der Waals surface area contributed by atoms with Gasteiger partial charge in [0.15, 0.2) is 0 Å². The molecule has 2 N–H and O–H groups in total. The highest BCUT2D eigenvalue weighted by atomic mass is 19.1. The maximum atomic E-state index is 13.5. The van der Waals surface area contributed by atoms with Crippen molar-refractivity contribution < 1.29 is 13.9 Å². The van der Waals surface area contributed by atoms with E-state index in [9.17, 15) is 9.18 Å². The van der Waals surface area contributed by atoms with Crippen molar-refractivity contribution in [2.45, 2.75) is 38.5 Å². The van der Waals surface area contributed by atoms with Gasteiger partial charge in [-0.25, -0.2) is 4.39 Å². The fourth-order valence-electron chi connectivity index (χ4n) is 2.71. The van der Waals surface area contributed by atoms with E-state index in [1.807, 2.05) is 6.07 Å². The van der Waals surface area contributed by atoms with Gasteiger partial charge in [0.25, 0.3) is 0 Å². The second-order valence-corrected chi connectivity index (χ2v) is 5.45. The summed E-state index contributed by atoms with van der Waals surface area (Å²) in [6.07, 6.45) is 3.25. The first-order valence-electron chi connectivity index (χ1n) is 6.89. The Bertz CT molecular complexity index is 519. The van der Waals surface area contributed by atoms with Crippen LogP contribution in [0.2, 0.25) is 0 Å². The fourth-order valence-corrected chi connectivity index (χ4v) is 2.71. The molecular formula is C16H20FNO2. The van der Waals surface area contributed by atoms with E-state index >= 15 is 0 Å². The summed E-state index contributed by atoms with van der Waals surface area (Å²) >= 11 is 0. The molecular weight excluding hydrogens is 257 g/mol. The number of nitrogen functional groups attached to an aromatic ring is 1. The summed E-state index contributed by atoms with van der Waals surface area (Å²) in [6, 6.07) is 4.98. The number of nitrogens with two attached hydrogens (primary N) is 1. The van der Waals surface area contributed by atoms with Crippen LogP contribution in [-0.4, -0.2) is 5.97 Å². The number of anilines is 1. The molecule has 0 heterocycles. The number of benzene rings is 1. The van der Waals surface area contributed by atoms with E-state index in [1.54, 1.807) is 13.0 Å². The summed E-state index contributed by atoms with van der Waals surface area (Å²) in [7, 11) is 0. The van der Waals surface area contributed by atoms with Crippen LogP contribution >= 0.6 is 0 Å². The molecule has 0 bridgehead atoms. The Labute approximate surface area is 118 Å². The van der Waals surface area contributed by atoms with E-state index in [2.05, 4.69) is 6.58 Å². The molecule has 20 heavy (non-hydrogen) atoms. The molecule has 0 saturated heterocycles. The predicted octanol–water partition coefficient (Wildman–Crippen LogP) is 3.76. The largest absolute Gasteiger partial charge is 0.432 e. The zero-order chi connectivity index (χ0) is 14.7. The minimum atomic E-state index is -0.369. The third-order valence-corrected chi connectivity index (χ3v) is 3.83. The second kappa shape index (κ2) is 6.07. The number of ether oxygens (including phenoxy) is 1. The SMILES string of the molecule is C=C(C)OC(=O)C1CCC(c2ccc(N)c(F)c2)CC1. The lowest BCUT2D eigenvalue weighted by molar-refractivity contribution is -0.145. The van der Waals surface area contributed by atoms with E-state index in [1.165, 1.54) is 6.07 Å². The maximum absolute atomic E-state index is 13.5. The van der Waals surface area contributed by atoms with Crippen LogP contribution in [0.1, 0.15) is 44.1 Å². The molecule has 2 rings (SSSR count). The lowest BCUT2D eigenvalue weighted by Crippen LogP contribution is -2.22. The van der Waals surface area contributed by atoms with Gasteiger partial charge in [-0.3, -0.25) is 4.79 Å². The van der Waals surface area contributed by atoms with Crippen molar-refractivity contribution in [2.24, 2.45) is 5.92 Å². The zero-order valence-electron chi connectivity index (χ0n) is 11.7. The molecule has 1 fully saturated rings. The van der Waals surface area contributed by atoms with E-state index in [-0.39, 0.29) is 23.4 Å². The molecule has 0 aromatic heterocycles. The summed E-state index contributed by atoms with van der Waals surface area (Å²) < 4.78 is 18.5. The van der Waals surface area contributed by atoms with Gasteiger partial charge in [-0.2, -0.15) is 0 Å². The normalized spacial score (nSPS) is 22.3. The van der Waals surface area contributed by atoms with Crippen LogP contribution in [0.25, 0.3) is 0 Å². The van der Waals surface area contributed by atoms with E-state index in [0.29, 0.717) is 11.7 Å². The highest BCUT2D eigenvalue weighted by Gasteiger charge is 2.28. The molecule has 0 atom stereocenters. The minimum absolute atomic E-state index is 0.0680. The lowest BCUT2D eigenvalue weighted by atomic mass is 9.78. The van der Waals surface area contributed by atoms with Gasteiger partial charge in [-0.15, -0.1) is 0 Å². The van der Waals surface area contributed by atoms with Crippen molar-refractivity contribution in [3.63, 3.8) is 0 Å². The Morgan fingerprint density at radius 2 is 2.00 bits per heavy atom. The van der Waals surface area contributed by atoms with Gasteiger partial charge in [0.1, 0.15) is 5.82 Å². The van der Waals surface area contributed by atoms with Crippen LogP contribution in [0, 0.1) is 11.7 Å². The van der Waals surface area contributed by atoms with Crippen molar-refractivity contribution in [1.82, 2.24) is 0 Å². The molecule has 1 aromatic carbocycles. The van der Waals surface area contributed by atoms with Gasteiger partial charge in [0.2, 0.25) is 0 Å². The highest BCUT2D eigenvalue weighted by Crippen LogP contribution is 2.37. The summed E-state index contributed by atoms with van der Waals surface area (Å²) in [5.41, 5.74) is 6.62. The van der Waals surface area contributed by atoms with Crippen LogP contribution in [-0.2, 0) is 9.53 Å². The number of esters is 1. The second-order valence-electron chi connectivity index (χ2n) is 5.45. The van der Waals surface area contributed by atoms with E-state index in [0.717, 1.165) is 31.2 Å². The van der Waals surface area contributed by atoms with Crippen LogP contribution in [0.15, 0.2) is 30.5 Å². The molecule has 1 aliphatic rings. The molecule has 0 aliphatic heterocycles. The molecule has 0 amide bonds. The van der Waals surface area contributed by atoms with Crippen molar-refractivity contribution in [3.05, 3.63) is 41.9 Å². The molecule has 1 saturated carbocycles. The van der Waals surface area contributed by atoms with Crippen molar-refractivity contribution in [3.8, 4) is 0 Å². The van der Waals surface area contributed by atoms with E-state index in [4.69, 9.17) is 10.5 Å². The first-order chi connectivity index (χ1) is 9.47. The third kappa shape index (κ3) is 3.38. The minimum Gasteiger partial charge on any atom is -0.432 e. The monoisotopic (exact) mass is 277 g/mol. The fraction of sp³-hybridized carbons (Fsp3) is 0.438. The van der Waals surface area contributed by atoms with Crippen LogP contribution in [0.5, 0.6) is 0 Å². The average Bonchev–Trinajstić information content (AvgIpc) is 2.41. The summed E-state index contributed by atoms with van der Waals surface area (Å²) in [4.78, 5) is 11.8. The summed E-state index contributed by atoms with van der Waals surface area (Å²) in [5.74, 6) is 0.0871. The molecule has 0 spiro atoms. The van der Waals surface area contributed by atoms with Gasteiger partial charge < -0.3 is 10.5 Å². The number of halogens is 1. The van der Waals surface area contributed by atoms with Gasteiger partial charge in [0, 0.05) is 0 Å². The van der Waals surface area contributed by atoms with Crippen molar-refractivity contribution in [2.75, 3.05) is 5.73 Å². The van der Waals surface area contributed by atoms with Crippen molar-refractivity contribution in [1.29, 1.82) is 0 Å². The first kappa shape index (κ1) is 14.6. The average molecular weight is 277 g/mol. The van der Waals surface area contributed by atoms with Gasteiger partial charge >= 0.3 is 5.97 Å². The van der Waals surface area contributed by atoms with Crippen LogP contribution < -0.4 is 5.73 Å². The molecule has 0 unspecified atom stereocenters. The highest BCUT2D eigenvalue weighted by molar-refractivity contribution is 5.73. The Balaban J connectivity index is 1.95. The lowest BCUT2D eigenvalue weighted by Gasteiger charge is -2.27.